The lowest BCUT2D eigenvalue weighted by Gasteiger charge is -2.12. The fourth-order valence-corrected chi connectivity index (χ4v) is 3.52. The Morgan fingerprint density at radius 1 is 1.24 bits per heavy atom. The number of benzene rings is 1. The summed E-state index contributed by atoms with van der Waals surface area (Å²) < 4.78 is 7.74. The van der Waals surface area contributed by atoms with E-state index in [0.29, 0.717) is 30.0 Å². The zero-order valence-electron chi connectivity index (χ0n) is 18.3. The van der Waals surface area contributed by atoms with Crippen LogP contribution in [0.25, 0.3) is 22.4 Å². The van der Waals surface area contributed by atoms with Crippen LogP contribution < -0.4 is 10.1 Å². The van der Waals surface area contributed by atoms with E-state index in [1.807, 2.05) is 41.1 Å². The first-order valence-electron chi connectivity index (χ1n) is 11.0. The van der Waals surface area contributed by atoms with Gasteiger partial charge in [-0.3, -0.25) is 4.98 Å². The highest BCUT2D eigenvalue weighted by Gasteiger charge is 2.27. The lowest BCUT2D eigenvalue weighted by molar-refractivity contribution is 0.108. The molecule has 4 aromatic rings. The summed E-state index contributed by atoms with van der Waals surface area (Å²) in [6.45, 7) is 0.656. The number of hydrogen-bond donors (Lipinski definition) is 2. The second-order valence-electron chi connectivity index (χ2n) is 8.02. The summed E-state index contributed by atoms with van der Waals surface area (Å²) in [5, 5.41) is 18.2. The van der Waals surface area contributed by atoms with Gasteiger partial charge in [-0.1, -0.05) is 12.1 Å². The minimum absolute atomic E-state index is 0.195. The van der Waals surface area contributed by atoms with E-state index in [1.54, 1.807) is 31.9 Å². The quantitative estimate of drug-likeness (QED) is 0.383. The van der Waals surface area contributed by atoms with Gasteiger partial charge in [-0.05, 0) is 49.7 Å². The largest absolute Gasteiger partial charge is 0.491 e. The van der Waals surface area contributed by atoms with Gasteiger partial charge in [0.05, 0.1) is 17.6 Å². The number of ether oxygens (including phenoxy) is 1. The van der Waals surface area contributed by atoms with Gasteiger partial charge in [-0.2, -0.15) is 5.10 Å². The van der Waals surface area contributed by atoms with E-state index in [9.17, 15) is 5.11 Å². The second kappa shape index (κ2) is 9.43. The van der Waals surface area contributed by atoms with E-state index in [1.165, 1.54) is 0 Å². The van der Waals surface area contributed by atoms with E-state index in [4.69, 9.17) is 14.7 Å². The summed E-state index contributed by atoms with van der Waals surface area (Å²) in [6.07, 6.45) is 8.63. The number of pyridine rings is 1. The molecule has 3 aromatic heterocycles. The molecule has 5 rings (SSSR count). The Kier molecular flexibility index (Phi) is 6.05. The summed E-state index contributed by atoms with van der Waals surface area (Å²) in [4.78, 5) is 18.3. The first-order chi connectivity index (χ1) is 16.2. The van der Waals surface area contributed by atoms with Crippen molar-refractivity contribution in [3.05, 3.63) is 60.6 Å². The molecule has 0 radical (unpaired) electrons. The third-order valence-corrected chi connectivity index (χ3v) is 5.34. The van der Waals surface area contributed by atoms with Crippen molar-refractivity contribution >= 4 is 23.1 Å². The van der Waals surface area contributed by atoms with Crippen LogP contribution in [0.15, 0.2) is 60.0 Å². The van der Waals surface area contributed by atoms with Gasteiger partial charge in [0.1, 0.15) is 18.5 Å². The Bertz CT molecular complexity index is 1270. The molecule has 0 amide bonds. The lowest BCUT2D eigenvalue weighted by Crippen LogP contribution is -2.29. The molecular weight excluding hydrogens is 418 g/mol. The van der Waals surface area contributed by atoms with Crippen molar-refractivity contribution in [2.75, 3.05) is 20.2 Å². The van der Waals surface area contributed by atoms with Crippen molar-refractivity contribution < 1.29 is 9.84 Å². The summed E-state index contributed by atoms with van der Waals surface area (Å²) in [5.74, 6) is 1.76. The van der Waals surface area contributed by atoms with Crippen LogP contribution in [-0.4, -0.2) is 62.4 Å². The molecule has 33 heavy (non-hydrogen) atoms. The monoisotopic (exact) mass is 443 g/mol. The van der Waals surface area contributed by atoms with Crippen LogP contribution in [0.4, 0.5) is 5.82 Å². The van der Waals surface area contributed by atoms with Crippen molar-refractivity contribution in [3.63, 3.8) is 0 Å². The molecule has 168 valence electrons. The van der Waals surface area contributed by atoms with E-state index in [2.05, 4.69) is 20.4 Å². The first kappa shape index (κ1) is 21.2. The summed E-state index contributed by atoms with van der Waals surface area (Å²) in [5.41, 5.74) is 2.52. The number of aliphatic imine (C=N–C) groups is 1. The third-order valence-electron chi connectivity index (χ3n) is 5.34. The molecule has 1 aliphatic carbocycles. The molecule has 3 heterocycles. The number of rotatable bonds is 9. The maximum Gasteiger partial charge on any atom is 0.167 e. The molecule has 0 spiro atoms. The molecule has 0 aliphatic heterocycles. The smallest absolute Gasteiger partial charge is 0.167 e. The van der Waals surface area contributed by atoms with Crippen LogP contribution >= 0.6 is 0 Å². The number of aliphatic hydroxyl groups is 1. The molecule has 1 atom stereocenters. The van der Waals surface area contributed by atoms with Gasteiger partial charge in [0, 0.05) is 30.7 Å². The summed E-state index contributed by atoms with van der Waals surface area (Å²) in [6, 6.07) is 11.7. The van der Waals surface area contributed by atoms with E-state index in [0.717, 1.165) is 35.0 Å². The predicted octanol–water partition coefficient (Wildman–Crippen LogP) is 2.93. The number of nitrogens with one attached hydrogen (secondary N) is 1. The summed E-state index contributed by atoms with van der Waals surface area (Å²) >= 11 is 0. The van der Waals surface area contributed by atoms with Crippen molar-refractivity contribution in [2.45, 2.75) is 25.0 Å². The normalized spacial score (nSPS) is 14.7. The van der Waals surface area contributed by atoms with Crippen LogP contribution in [0.2, 0.25) is 0 Å². The minimum Gasteiger partial charge on any atom is -0.491 e. The average molecular weight is 444 g/mol. The van der Waals surface area contributed by atoms with Crippen LogP contribution in [-0.2, 0) is 0 Å². The minimum atomic E-state index is -0.590. The molecule has 9 heteroatoms. The molecule has 1 aromatic carbocycles. The number of nitrogens with zero attached hydrogens (tertiary/aromatic N) is 6. The van der Waals surface area contributed by atoms with E-state index in [-0.39, 0.29) is 6.61 Å². The predicted molar refractivity (Wildman–Crippen MR) is 126 cm³/mol. The van der Waals surface area contributed by atoms with Crippen molar-refractivity contribution in [2.24, 2.45) is 4.99 Å². The number of aromatic nitrogens is 5. The van der Waals surface area contributed by atoms with E-state index < -0.39 is 6.10 Å². The Balaban J connectivity index is 1.51. The second-order valence-corrected chi connectivity index (χ2v) is 8.02. The van der Waals surface area contributed by atoms with Crippen LogP contribution in [0.5, 0.6) is 5.75 Å². The molecule has 9 nitrogen and oxygen atoms in total. The maximum absolute atomic E-state index is 9.93. The van der Waals surface area contributed by atoms with E-state index >= 15 is 0 Å². The molecule has 2 N–H and O–H groups in total. The third kappa shape index (κ3) is 4.89. The maximum atomic E-state index is 9.93. The number of likely N-dealkylation sites (N-methyl/N-ethyl adjacent to an activating group) is 1. The SMILES string of the molecule is CNCC(O)COc1cccc(-c2nc(N=Cc3ccncc3)c3cnn(C4CC4)c3n2)c1. The highest BCUT2D eigenvalue weighted by atomic mass is 16.5. The molecular formula is C24H25N7O2. The van der Waals surface area contributed by atoms with Gasteiger partial charge in [-0.15, -0.1) is 0 Å². The standard InChI is InChI=1S/C24H25N7O2/c1-25-13-19(32)15-33-20-4-2-3-17(11-20)22-29-23(27-12-16-7-9-26-10-8-16)21-14-28-31(18-5-6-18)24(21)30-22/h2-4,7-12,14,18-19,25,32H,5-6,13,15H2,1H3. The lowest BCUT2D eigenvalue weighted by atomic mass is 10.2. The summed E-state index contributed by atoms with van der Waals surface area (Å²) in [7, 11) is 1.79. The van der Waals surface area contributed by atoms with Gasteiger partial charge < -0.3 is 15.2 Å². The average Bonchev–Trinajstić information content (AvgIpc) is 3.60. The molecule has 0 saturated heterocycles. The zero-order valence-corrected chi connectivity index (χ0v) is 18.3. The number of fused-ring (bicyclic) bond motifs is 1. The van der Waals surface area contributed by atoms with Crippen molar-refractivity contribution in [1.82, 2.24) is 30.0 Å². The highest BCUT2D eigenvalue weighted by molar-refractivity contribution is 5.91. The topological polar surface area (TPSA) is 110 Å². The molecule has 1 aliphatic rings. The van der Waals surface area contributed by atoms with Crippen LogP contribution in [0.3, 0.4) is 0 Å². The number of hydrogen-bond acceptors (Lipinski definition) is 8. The molecule has 1 saturated carbocycles. The Morgan fingerprint density at radius 2 is 2.09 bits per heavy atom. The molecule has 0 bridgehead atoms. The van der Waals surface area contributed by atoms with Crippen LogP contribution in [0, 0.1) is 0 Å². The first-order valence-corrected chi connectivity index (χ1v) is 11.0. The Hall–Kier alpha value is -3.69. The van der Waals surface area contributed by atoms with Gasteiger partial charge in [0.15, 0.2) is 17.3 Å². The van der Waals surface area contributed by atoms with Crippen LogP contribution in [0.1, 0.15) is 24.4 Å². The number of aliphatic hydroxyl groups excluding tert-OH is 1. The highest BCUT2D eigenvalue weighted by Crippen LogP contribution is 2.38. The van der Waals surface area contributed by atoms with Gasteiger partial charge >= 0.3 is 0 Å². The van der Waals surface area contributed by atoms with Crippen molar-refractivity contribution in [3.8, 4) is 17.1 Å². The van der Waals surface area contributed by atoms with Gasteiger partial charge in [-0.25, -0.2) is 19.6 Å². The molecule has 1 unspecified atom stereocenters. The molecule has 1 fully saturated rings. The zero-order chi connectivity index (χ0) is 22.6. The van der Waals surface area contributed by atoms with Crippen molar-refractivity contribution in [1.29, 1.82) is 0 Å². The fraction of sp³-hybridized carbons (Fsp3) is 0.292. The van der Waals surface area contributed by atoms with Gasteiger partial charge in [0.25, 0.3) is 0 Å². The Morgan fingerprint density at radius 3 is 2.88 bits per heavy atom. The van der Waals surface area contributed by atoms with Gasteiger partial charge in [0.2, 0.25) is 0 Å². The fourth-order valence-electron chi connectivity index (χ4n) is 3.52. The Labute approximate surface area is 191 Å².